The average Bonchev–Trinajstić information content (AvgIpc) is 2.46. The first kappa shape index (κ1) is 17.1. The van der Waals surface area contributed by atoms with Gasteiger partial charge in [-0.25, -0.2) is 4.79 Å². The first-order valence-electron chi connectivity index (χ1n) is 7.19. The first-order chi connectivity index (χ1) is 10.8. The topological polar surface area (TPSA) is 79.8 Å². The molecule has 1 aliphatic heterocycles. The molecular weight excluding hydrogens is 316 g/mol. The van der Waals surface area contributed by atoms with Gasteiger partial charge in [0.25, 0.3) is 0 Å². The highest BCUT2D eigenvalue weighted by Crippen LogP contribution is 2.35. The van der Waals surface area contributed by atoms with Crippen molar-refractivity contribution >= 4 is 23.3 Å². The van der Waals surface area contributed by atoms with Crippen LogP contribution in [0.4, 0.5) is 0 Å². The predicted octanol–water partition coefficient (Wildman–Crippen LogP) is 2.15. The number of benzene rings is 1. The maximum absolute atomic E-state index is 12.5. The van der Waals surface area contributed by atoms with E-state index in [1.54, 1.807) is 32.9 Å². The first-order valence-corrected chi connectivity index (χ1v) is 7.60. The lowest BCUT2D eigenvalue weighted by Gasteiger charge is -2.30. The van der Waals surface area contributed by atoms with Crippen molar-refractivity contribution in [1.82, 2.24) is 10.6 Å². The Morgan fingerprint density at radius 2 is 2.09 bits per heavy atom. The van der Waals surface area contributed by atoms with Crippen molar-refractivity contribution in [2.24, 2.45) is 0 Å². The number of thiocarbonyl (C=S) groups is 1. The van der Waals surface area contributed by atoms with Gasteiger partial charge in [-0.05, 0) is 51.2 Å². The number of nitrogens with one attached hydrogen (secondary N) is 2. The molecule has 0 aromatic heterocycles. The summed E-state index contributed by atoms with van der Waals surface area (Å²) >= 11 is 5.17. The number of carbonyl (C=O) groups excluding carboxylic acids is 1. The molecule has 1 aliphatic rings. The van der Waals surface area contributed by atoms with Crippen molar-refractivity contribution in [3.63, 3.8) is 0 Å². The summed E-state index contributed by atoms with van der Waals surface area (Å²) in [6, 6.07) is 4.20. The van der Waals surface area contributed by atoms with Crippen LogP contribution in [-0.4, -0.2) is 29.4 Å². The lowest BCUT2D eigenvalue weighted by atomic mass is 9.94. The second-order valence-corrected chi connectivity index (χ2v) is 5.86. The molecule has 124 valence electrons. The molecule has 2 rings (SSSR count). The second kappa shape index (κ2) is 6.87. The number of allylic oxidation sites excluding steroid dienone is 1. The lowest BCUT2D eigenvalue weighted by Crippen LogP contribution is -2.45. The fraction of sp³-hybridized carbons (Fsp3) is 0.375. The third-order valence-electron chi connectivity index (χ3n) is 3.38. The molecule has 1 aromatic carbocycles. The Morgan fingerprint density at radius 3 is 2.70 bits per heavy atom. The molecule has 0 saturated carbocycles. The Labute approximate surface area is 140 Å². The molecule has 0 aliphatic carbocycles. The number of aromatic hydroxyl groups is 1. The molecule has 6 nitrogen and oxygen atoms in total. The van der Waals surface area contributed by atoms with Crippen LogP contribution in [0.1, 0.15) is 32.4 Å². The molecular formula is C16H20N2O4S. The largest absolute Gasteiger partial charge is 0.508 e. The molecule has 1 atom stereocenters. The second-order valence-electron chi connectivity index (χ2n) is 5.45. The number of methoxy groups -OCH3 is 1. The van der Waals surface area contributed by atoms with E-state index in [0.717, 1.165) is 0 Å². The van der Waals surface area contributed by atoms with Crippen LogP contribution < -0.4 is 15.4 Å². The van der Waals surface area contributed by atoms with Gasteiger partial charge in [-0.1, -0.05) is 0 Å². The van der Waals surface area contributed by atoms with Crippen molar-refractivity contribution in [1.29, 1.82) is 0 Å². The van der Waals surface area contributed by atoms with Gasteiger partial charge in [0.1, 0.15) is 11.5 Å². The highest BCUT2D eigenvalue weighted by atomic mass is 32.1. The van der Waals surface area contributed by atoms with Crippen molar-refractivity contribution in [3.05, 3.63) is 35.0 Å². The maximum Gasteiger partial charge on any atom is 0.338 e. The smallest absolute Gasteiger partial charge is 0.338 e. The molecule has 0 spiro atoms. The van der Waals surface area contributed by atoms with Gasteiger partial charge in [-0.15, -0.1) is 0 Å². The molecule has 3 N–H and O–H groups in total. The summed E-state index contributed by atoms with van der Waals surface area (Å²) in [6.07, 6.45) is -0.253. The van der Waals surface area contributed by atoms with Crippen LogP contribution in [0.3, 0.4) is 0 Å². The molecule has 0 bridgehead atoms. The molecule has 23 heavy (non-hydrogen) atoms. The van der Waals surface area contributed by atoms with Crippen molar-refractivity contribution in [3.8, 4) is 11.5 Å². The van der Waals surface area contributed by atoms with Crippen molar-refractivity contribution in [2.45, 2.75) is 32.9 Å². The van der Waals surface area contributed by atoms with Gasteiger partial charge < -0.3 is 25.2 Å². The van der Waals surface area contributed by atoms with E-state index >= 15 is 0 Å². The SMILES string of the molecule is COc1ccc(O)c(C2NC(=S)NC(C)=C2C(=O)OC(C)C)c1. The molecule has 1 aromatic rings. The van der Waals surface area contributed by atoms with E-state index in [9.17, 15) is 9.90 Å². The number of hydrogen-bond acceptors (Lipinski definition) is 5. The zero-order chi connectivity index (χ0) is 17.1. The van der Waals surface area contributed by atoms with E-state index < -0.39 is 12.0 Å². The summed E-state index contributed by atoms with van der Waals surface area (Å²) in [7, 11) is 1.53. The van der Waals surface area contributed by atoms with Gasteiger partial charge in [0, 0.05) is 11.3 Å². The minimum atomic E-state index is -0.620. The van der Waals surface area contributed by atoms with Gasteiger partial charge in [-0.3, -0.25) is 0 Å². The Balaban J connectivity index is 2.51. The molecule has 0 radical (unpaired) electrons. The van der Waals surface area contributed by atoms with Gasteiger partial charge in [-0.2, -0.15) is 0 Å². The Morgan fingerprint density at radius 1 is 1.39 bits per heavy atom. The Hall–Kier alpha value is -2.28. The van der Waals surface area contributed by atoms with Gasteiger partial charge >= 0.3 is 5.97 Å². The quantitative estimate of drug-likeness (QED) is 0.574. The van der Waals surface area contributed by atoms with E-state index in [1.165, 1.54) is 13.2 Å². The van der Waals surface area contributed by atoms with E-state index in [2.05, 4.69) is 10.6 Å². The highest BCUT2D eigenvalue weighted by molar-refractivity contribution is 7.80. The predicted molar refractivity (Wildman–Crippen MR) is 90.2 cm³/mol. The van der Waals surface area contributed by atoms with E-state index in [1.807, 2.05) is 0 Å². The summed E-state index contributed by atoms with van der Waals surface area (Å²) in [5.41, 5.74) is 1.45. The van der Waals surface area contributed by atoms with Crippen LogP contribution in [0.5, 0.6) is 11.5 Å². The van der Waals surface area contributed by atoms with Gasteiger partial charge in [0.05, 0.1) is 24.8 Å². The molecule has 7 heteroatoms. The fourth-order valence-corrected chi connectivity index (χ4v) is 2.64. The van der Waals surface area contributed by atoms with Crippen LogP contribution in [0, 0.1) is 0 Å². The normalized spacial score (nSPS) is 17.6. The third-order valence-corrected chi connectivity index (χ3v) is 3.60. The summed E-state index contributed by atoms with van der Waals surface area (Å²) in [6.45, 7) is 5.30. The van der Waals surface area contributed by atoms with Crippen molar-refractivity contribution in [2.75, 3.05) is 7.11 Å². The van der Waals surface area contributed by atoms with Gasteiger partial charge in [0.2, 0.25) is 0 Å². The lowest BCUT2D eigenvalue weighted by molar-refractivity contribution is -0.143. The van der Waals surface area contributed by atoms with Crippen LogP contribution in [-0.2, 0) is 9.53 Å². The highest BCUT2D eigenvalue weighted by Gasteiger charge is 2.33. The average molecular weight is 336 g/mol. The van der Waals surface area contributed by atoms with Crippen LogP contribution in [0.15, 0.2) is 29.5 Å². The summed E-state index contributed by atoms with van der Waals surface area (Å²) < 4.78 is 10.5. The minimum Gasteiger partial charge on any atom is -0.508 e. The van der Waals surface area contributed by atoms with Gasteiger partial charge in [0.15, 0.2) is 5.11 Å². The monoisotopic (exact) mass is 336 g/mol. The molecule has 1 unspecified atom stereocenters. The van der Waals surface area contributed by atoms with Crippen LogP contribution in [0.25, 0.3) is 0 Å². The Kier molecular flexibility index (Phi) is 5.10. The van der Waals surface area contributed by atoms with Crippen LogP contribution >= 0.6 is 12.2 Å². The Bertz CT molecular complexity index is 670. The molecule has 0 amide bonds. The van der Waals surface area contributed by atoms with E-state index in [-0.39, 0.29) is 11.9 Å². The summed E-state index contributed by atoms with van der Waals surface area (Å²) in [5.74, 6) is 0.140. The zero-order valence-corrected chi connectivity index (χ0v) is 14.3. The third kappa shape index (κ3) is 3.73. The maximum atomic E-state index is 12.5. The number of hydrogen-bond donors (Lipinski definition) is 3. The number of phenolic OH excluding ortho intramolecular Hbond substituents is 1. The van der Waals surface area contributed by atoms with E-state index in [4.69, 9.17) is 21.7 Å². The number of ether oxygens (including phenoxy) is 2. The summed E-state index contributed by atoms with van der Waals surface area (Å²) in [4.78, 5) is 12.5. The van der Waals surface area contributed by atoms with Crippen molar-refractivity contribution < 1.29 is 19.4 Å². The summed E-state index contributed by atoms with van der Waals surface area (Å²) in [5, 5.41) is 16.5. The molecule has 0 fully saturated rings. The number of phenols is 1. The number of esters is 1. The fourth-order valence-electron chi connectivity index (χ4n) is 2.37. The molecule has 1 heterocycles. The standard InChI is InChI=1S/C16H20N2O4S/c1-8(2)22-15(20)13-9(3)17-16(23)18-14(13)11-7-10(21-4)5-6-12(11)19/h5-8,14,19H,1-4H3,(H2,17,18,23). The zero-order valence-electron chi connectivity index (χ0n) is 13.5. The van der Waals surface area contributed by atoms with Crippen LogP contribution in [0.2, 0.25) is 0 Å². The number of carbonyl (C=O) groups is 1. The number of rotatable bonds is 4. The molecule has 0 saturated heterocycles. The minimum absolute atomic E-state index is 0.0376. The van der Waals surface area contributed by atoms with E-state index in [0.29, 0.717) is 27.7 Å².